The second kappa shape index (κ2) is 9.06. The Labute approximate surface area is 140 Å². The number of amides is 2. The van der Waals surface area contributed by atoms with Gasteiger partial charge in [0.2, 0.25) is 11.8 Å². The van der Waals surface area contributed by atoms with Crippen LogP contribution >= 0.6 is 23.4 Å². The highest BCUT2D eigenvalue weighted by Crippen LogP contribution is 2.17. The summed E-state index contributed by atoms with van der Waals surface area (Å²) in [4.78, 5) is 23.6. The maximum Gasteiger partial charge on any atom is 0.234 e. The highest BCUT2D eigenvalue weighted by atomic mass is 35.5. The first-order valence-corrected chi connectivity index (χ1v) is 9.09. The van der Waals surface area contributed by atoms with Crippen molar-refractivity contribution in [2.75, 3.05) is 16.8 Å². The number of benzene rings is 1. The van der Waals surface area contributed by atoms with Gasteiger partial charge in [-0.1, -0.05) is 30.9 Å². The molecular weight excluding hydrogens is 320 g/mol. The molecule has 1 aromatic carbocycles. The van der Waals surface area contributed by atoms with Crippen molar-refractivity contribution in [2.45, 2.75) is 38.1 Å². The molecule has 0 heterocycles. The average molecular weight is 341 g/mol. The van der Waals surface area contributed by atoms with Crippen LogP contribution in [-0.2, 0) is 9.59 Å². The van der Waals surface area contributed by atoms with Gasteiger partial charge < -0.3 is 10.6 Å². The molecule has 1 fully saturated rings. The van der Waals surface area contributed by atoms with Crippen LogP contribution in [0.15, 0.2) is 24.3 Å². The van der Waals surface area contributed by atoms with Gasteiger partial charge in [0.05, 0.1) is 11.5 Å². The van der Waals surface area contributed by atoms with Gasteiger partial charge in [-0.05, 0) is 37.1 Å². The Hall–Kier alpha value is -1.20. The number of carbonyl (C=O) groups excluding carboxylic acids is 2. The van der Waals surface area contributed by atoms with Crippen molar-refractivity contribution in [2.24, 2.45) is 0 Å². The van der Waals surface area contributed by atoms with E-state index in [9.17, 15) is 9.59 Å². The molecule has 2 rings (SSSR count). The molecule has 4 nitrogen and oxygen atoms in total. The number of hydrogen-bond donors (Lipinski definition) is 2. The van der Waals surface area contributed by atoms with E-state index in [0.29, 0.717) is 22.5 Å². The molecule has 0 aromatic heterocycles. The van der Waals surface area contributed by atoms with Gasteiger partial charge in [-0.15, -0.1) is 11.8 Å². The molecule has 2 N–H and O–H groups in total. The van der Waals surface area contributed by atoms with Crippen LogP contribution in [0.2, 0.25) is 5.02 Å². The van der Waals surface area contributed by atoms with Crippen LogP contribution in [-0.4, -0.2) is 29.4 Å². The third-order valence-electron chi connectivity index (χ3n) is 3.56. The molecule has 0 unspecified atom stereocenters. The second-order valence-electron chi connectivity index (χ2n) is 5.45. The topological polar surface area (TPSA) is 58.2 Å². The Kier molecular flexibility index (Phi) is 7.06. The summed E-state index contributed by atoms with van der Waals surface area (Å²) < 4.78 is 0. The summed E-state index contributed by atoms with van der Waals surface area (Å²) in [5.41, 5.74) is 0.710. The summed E-state index contributed by atoms with van der Waals surface area (Å²) in [5, 5.41) is 6.45. The fourth-order valence-electron chi connectivity index (χ4n) is 2.48. The van der Waals surface area contributed by atoms with Crippen molar-refractivity contribution in [3.8, 4) is 0 Å². The smallest absolute Gasteiger partial charge is 0.234 e. The molecule has 0 atom stereocenters. The van der Waals surface area contributed by atoms with Gasteiger partial charge >= 0.3 is 0 Å². The van der Waals surface area contributed by atoms with Crippen LogP contribution in [0.5, 0.6) is 0 Å². The number of carbonyl (C=O) groups is 2. The Bertz CT molecular complexity index is 501. The second-order valence-corrected chi connectivity index (χ2v) is 6.87. The molecular formula is C16H21ClN2O2S. The zero-order chi connectivity index (χ0) is 15.8. The van der Waals surface area contributed by atoms with Crippen LogP contribution in [0, 0.1) is 0 Å². The molecule has 0 saturated heterocycles. The summed E-state index contributed by atoms with van der Waals surface area (Å²) in [6, 6.07) is 7.27. The van der Waals surface area contributed by atoms with E-state index in [2.05, 4.69) is 10.6 Å². The van der Waals surface area contributed by atoms with E-state index < -0.39 is 0 Å². The summed E-state index contributed by atoms with van der Waals surface area (Å²) in [5.74, 6) is 0.500. The number of anilines is 1. The zero-order valence-electron chi connectivity index (χ0n) is 12.4. The number of halogens is 1. The molecule has 1 aliphatic carbocycles. The fraction of sp³-hybridized carbons (Fsp3) is 0.500. The molecule has 22 heavy (non-hydrogen) atoms. The first-order valence-electron chi connectivity index (χ1n) is 7.56. The third-order valence-corrected chi connectivity index (χ3v) is 4.75. The lowest BCUT2D eigenvalue weighted by molar-refractivity contribution is -0.119. The van der Waals surface area contributed by atoms with Crippen LogP contribution in [0.3, 0.4) is 0 Å². The van der Waals surface area contributed by atoms with Crippen LogP contribution in [0.4, 0.5) is 5.69 Å². The van der Waals surface area contributed by atoms with E-state index in [-0.39, 0.29) is 17.6 Å². The highest BCUT2D eigenvalue weighted by molar-refractivity contribution is 8.00. The standard InChI is InChI=1S/C16H21ClN2O2S/c17-12-6-8-14(9-7-12)19-16(21)11-22-10-15(20)18-13-4-2-1-3-5-13/h6-9,13H,1-5,10-11H2,(H,18,20)(H,19,21). The first kappa shape index (κ1) is 17.2. The summed E-state index contributed by atoms with van der Waals surface area (Å²) in [7, 11) is 0. The summed E-state index contributed by atoms with van der Waals surface area (Å²) >= 11 is 7.12. The molecule has 1 aliphatic rings. The van der Waals surface area contributed by atoms with E-state index in [1.807, 2.05) is 0 Å². The fourth-order valence-corrected chi connectivity index (χ4v) is 3.24. The van der Waals surface area contributed by atoms with Crippen molar-refractivity contribution in [1.82, 2.24) is 5.32 Å². The SMILES string of the molecule is O=C(CSCC(=O)NC1CCCCC1)Nc1ccc(Cl)cc1. The largest absolute Gasteiger partial charge is 0.353 e. The molecule has 1 aromatic rings. The van der Waals surface area contributed by atoms with Gasteiger partial charge in [-0.3, -0.25) is 9.59 Å². The minimum Gasteiger partial charge on any atom is -0.353 e. The molecule has 0 aliphatic heterocycles. The summed E-state index contributed by atoms with van der Waals surface area (Å²) in [6.07, 6.45) is 5.82. The monoisotopic (exact) mass is 340 g/mol. The maximum absolute atomic E-state index is 11.8. The molecule has 6 heteroatoms. The molecule has 0 radical (unpaired) electrons. The van der Waals surface area contributed by atoms with Crippen LogP contribution < -0.4 is 10.6 Å². The molecule has 0 spiro atoms. The van der Waals surface area contributed by atoms with E-state index in [1.54, 1.807) is 24.3 Å². The van der Waals surface area contributed by atoms with E-state index in [4.69, 9.17) is 11.6 Å². The number of rotatable bonds is 6. The van der Waals surface area contributed by atoms with Crippen LogP contribution in [0.25, 0.3) is 0 Å². The minimum absolute atomic E-state index is 0.0243. The third kappa shape index (κ3) is 6.28. The van der Waals surface area contributed by atoms with Gasteiger partial charge in [0.25, 0.3) is 0 Å². The van der Waals surface area contributed by atoms with E-state index in [1.165, 1.54) is 31.0 Å². The molecule has 120 valence electrons. The number of nitrogens with one attached hydrogen (secondary N) is 2. The number of thioether (sulfide) groups is 1. The predicted octanol–water partition coefficient (Wildman–Crippen LogP) is 3.46. The van der Waals surface area contributed by atoms with Crippen molar-refractivity contribution in [1.29, 1.82) is 0 Å². The van der Waals surface area contributed by atoms with Crippen molar-refractivity contribution < 1.29 is 9.59 Å². The molecule has 1 saturated carbocycles. The lowest BCUT2D eigenvalue weighted by Gasteiger charge is -2.22. The Morgan fingerprint density at radius 3 is 2.36 bits per heavy atom. The zero-order valence-corrected chi connectivity index (χ0v) is 14.0. The highest BCUT2D eigenvalue weighted by Gasteiger charge is 2.15. The molecule has 0 bridgehead atoms. The average Bonchev–Trinajstić information content (AvgIpc) is 2.50. The maximum atomic E-state index is 11.8. The van der Waals surface area contributed by atoms with Crippen molar-refractivity contribution in [3.05, 3.63) is 29.3 Å². The van der Waals surface area contributed by atoms with Crippen LogP contribution in [0.1, 0.15) is 32.1 Å². The van der Waals surface area contributed by atoms with Crippen molar-refractivity contribution in [3.63, 3.8) is 0 Å². The van der Waals surface area contributed by atoms with E-state index >= 15 is 0 Å². The minimum atomic E-state index is -0.113. The van der Waals surface area contributed by atoms with Gasteiger partial charge in [-0.25, -0.2) is 0 Å². The predicted molar refractivity (Wildman–Crippen MR) is 92.4 cm³/mol. The van der Waals surface area contributed by atoms with Gasteiger partial charge in [0.15, 0.2) is 0 Å². The Morgan fingerprint density at radius 2 is 1.68 bits per heavy atom. The van der Waals surface area contributed by atoms with Gasteiger partial charge in [0, 0.05) is 16.8 Å². The van der Waals surface area contributed by atoms with Gasteiger partial charge in [0.1, 0.15) is 0 Å². The first-order chi connectivity index (χ1) is 10.6. The quantitative estimate of drug-likeness (QED) is 0.833. The van der Waals surface area contributed by atoms with Crippen molar-refractivity contribution >= 4 is 40.9 Å². The Morgan fingerprint density at radius 1 is 1.05 bits per heavy atom. The van der Waals surface area contributed by atoms with Gasteiger partial charge in [-0.2, -0.15) is 0 Å². The lowest BCUT2D eigenvalue weighted by atomic mass is 9.95. The Balaban J connectivity index is 1.61. The van der Waals surface area contributed by atoms with E-state index in [0.717, 1.165) is 12.8 Å². The summed E-state index contributed by atoms with van der Waals surface area (Å²) in [6.45, 7) is 0. The lowest BCUT2D eigenvalue weighted by Crippen LogP contribution is -2.37. The normalized spacial score (nSPS) is 15.3. The number of hydrogen-bond acceptors (Lipinski definition) is 3. The molecule has 2 amide bonds.